The molecule has 6 nitrogen and oxygen atoms in total. The fourth-order valence-electron chi connectivity index (χ4n) is 3.35. The van der Waals surface area contributed by atoms with Gasteiger partial charge in [0.1, 0.15) is 5.82 Å². The Morgan fingerprint density at radius 3 is 2.21 bits per heavy atom. The van der Waals surface area contributed by atoms with E-state index in [9.17, 15) is 9.59 Å². The van der Waals surface area contributed by atoms with Gasteiger partial charge in [-0.25, -0.2) is 0 Å². The lowest BCUT2D eigenvalue weighted by Crippen LogP contribution is -2.49. The quantitative estimate of drug-likeness (QED) is 0.668. The minimum Gasteiger partial charge on any atom is -0.352 e. The molecule has 1 aliphatic heterocycles. The summed E-state index contributed by atoms with van der Waals surface area (Å²) in [7, 11) is 0. The molecule has 1 fully saturated rings. The van der Waals surface area contributed by atoms with Gasteiger partial charge in [-0.15, -0.1) is 5.10 Å². The van der Waals surface area contributed by atoms with Crippen LogP contribution in [0, 0.1) is 6.92 Å². The number of hydrogen-bond acceptors (Lipinski definition) is 4. The normalized spacial score (nSPS) is 14.1. The number of aryl methyl sites for hydroxylation is 1. The number of piperazine rings is 1. The smallest absolute Gasteiger partial charge is 0.271 e. The molecule has 2 heterocycles. The van der Waals surface area contributed by atoms with Crippen LogP contribution in [0.1, 0.15) is 15.9 Å². The SMILES string of the molecule is Cc1ccc(C(=O)N2CCN(c3ccc(=O)n(-c4ccc(Cl)cc4)n3)CC2)cc1. The summed E-state index contributed by atoms with van der Waals surface area (Å²) in [6, 6.07) is 17.9. The number of nitrogens with zero attached hydrogens (tertiary/aromatic N) is 4. The van der Waals surface area contributed by atoms with E-state index in [0.29, 0.717) is 48.3 Å². The van der Waals surface area contributed by atoms with Gasteiger partial charge in [0.2, 0.25) is 0 Å². The van der Waals surface area contributed by atoms with Gasteiger partial charge in [0, 0.05) is 42.8 Å². The second kappa shape index (κ2) is 8.09. The van der Waals surface area contributed by atoms with E-state index in [0.717, 1.165) is 5.56 Å². The summed E-state index contributed by atoms with van der Waals surface area (Å²) in [5, 5.41) is 5.12. The molecule has 29 heavy (non-hydrogen) atoms. The highest BCUT2D eigenvalue weighted by molar-refractivity contribution is 6.30. The Hall–Kier alpha value is -3.12. The van der Waals surface area contributed by atoms with Gasteiger partial charge in [-0.1, -0.05) is 29.3 Å². The van der Waals surface area contributed by atoms with E-state index in [1.54, 1.807) is 30.3 Å². The Labute approximate surface area is 173 Å². The van der Waals surface area contributed by atoms with E-state index in [1.165, 1.54) is 10.7 Å². The van der Waals surface area contributed by atoms with E-state index < -0.39 is 0 Å². The Balaban J connectivity index is 1.48. The number of benzene rings is 2. The summed E-state index contributed by atoms with van der Waals surface area (Å²) in [6.07, 6.45) is 0. The fourth-order valence-corrected chi connectivity index (χ4v) is 3.48. The molecule has 0 bridgehead atoms. The molecule has 0 radical (unpaired) electrons. The topological polar surface area (TPSA) is 58.4 Å². The maximum atomic E-state index is 12.7. The Morgan fingerprint density at radius 2 is 1.55 bits per heavy atom. The molecule has 1 aliphatic rings. The molecule has 3 aromatic rings. The van der Waals surface area contributed by atoms with Gasteiger partial charge in [-0.3, -0.25) is 9.59 Å². The van der Waals surface area contributed by atoms with Crippen molar-refractivity contribution in [3.63, 3.8) is 0 Å². The van der Waals surface area contributed by atoms with Gasteiger partial charge in [0.25, 0.3) is 11.5 Å². The van der Waals surface area contributed by atoms with Crippen molar-refractivity contribution in [1.82, 2.24) is 14.7 Å². The molecule has 148 valence electrons. The second-order valence-electron chi connectivity index (χ2n) is 7.06. The van der Waals surface area contributed by atoms with Crippen LogP contribution in [0.5, 0.6) is 0 Å². The first-order valence-electron chi connectivity index (χ1n) is 9.48. The Morgan fingerprint density at radius 1 is 0.897 bits per heavy atom. The third-order valence-electron chi connectivity index (χ3n) is 5.05. The van der Waals surface area contributed by atoms with Crippen molar-refractivity contribution in [2.75, 3.05) is 31.1 Å². The third-order valence-corrected chi connectivity index (χ3v) is 5.30. The van der Waals surface area contributed by atoms with Crippen molar-refractivity contribution in [2.24, 2.45) is 0 Å². The first-order chi connectivity index (χ1) is 14.0. The first-order valence-corrected chi connectivity index (χ1v) is 9.86. The summed E-state index contributed by atoms with van der Waals surface area (Å²) < 4.78 is 1.37. The number of carbonyl (C=O) groups excluding carboxylic acids is 1. The van der Waals surface area contributed by atoms with Gasteiger partial charge in [-0.05, 0) is 49.4 Å². The first kappa shape index (κ1) is 19.2. The summed E-state index contributed by atoms with van der Waals surface area (Å²) in [6.45, 7) is 4.53. The zero-order valence-electron chi connectivity index (χ0n) is 16.1. The molecule has 0 aliphatic carbocycles. The van der Waals surface area contributed by atoms with E-state index in [-0.39, 0.29) is 11.5 Å². The predicted molar refractivity (Wildman–Crippen MR) is 114 cm³/mol. The van der Waals surface area contributed by atoms with E-state index in [1.807, 2.05) is 36.1 Å². The summed E-state index contributed by atoms with van der Waals surface area (Å²) in [4.78, 5) is 28.9. The van der Waals surface area contributed by atoms with Gasteiger partial charge >= 0.3 is 0 Å². The fraction of sp³-hybridized carbons (Fsp3) is 0.227. The number of rotatable bonds is 3. The monoisotopic (exact) mass is 408 g/mol. The van der Waals surface area contributed by atoms with Crippen LogP contribution in [0.3, 0.4) is 0 Å². The van der Waals surface area contributed by atoms with Crippen molar-refractivity contribution in [1.29, 1.82) is 0 Å². The van der Waals surface area contributed by atoms with Gasteiger partial charge < -0.3 is 9.80 Å². The molecule has 1 amide bonds. The van der Waals surface area contributed by atoms with Gasteiger partial charge in [0.15, 0.2) is 0 Å². The Bertz CT molecular complexity index is 1070. The van der Waals surface area contributed by atoms with Crippen molar-refractivity contribution in [3.05, 3.63) is 87.2 Å². The summed E-state index contributed by atoms with van der Waals surface area (Å²) in [5.41, 5.74) is 2.30. The van der Waals surface area contributed by atoms with Crippen LogP contribution in [-0.4, -0.2) is 46.8 Å². The van der Waals surface area contributed by atoms with E-state index in [4.69, 9.17) is 11.6 Å². The average molecular weight is 409 g/mol. The molecule has 0 N–H and O–H groups in total. The standard InChI is InChI=1S/C22H21ClN4O2/c1-16-2-4-17(5-3-16)22(29)26-14-12-25(13-15-26)20-10-11-21(28)27(24-20)19-8-6-18(23)7-9-19/h2-11H,12-15H2,1H3. The van der Waals surface area contributed by atoms with Crippen LogP contribution < -0.4 is 10.5 Å². The lowest BCUT2D eigenvalue weighted by atomic mass is 10.1. The number of anilines is 1. The molecular weight excluding hydrogens is 388 g/mol. The van der Waals surface area contributed by atoms with Crippen LogP contribution in [0.4, 0.5) is 5.82 Å². The number of halogens is 1. The van der Waals surface area contributed by atoms with Crippen LogP contribution in [0.15, 0.2) is 65.5 Å². The van der Waals surface area contributed by atoms with E-state index >= 15 is 0 Å². The highest BCUT2D eigenvalue weighted by Crippen LogP contribution is 2.16. The van der Waals surface area contributed by atoms with Crippen LogP contribution >= 0.6 is 11.6 Å². The molecule has 0 saturated carbocycles. The predicted octanol–water partition coefficient (Wildman–Crippen LogP) is 3.16. The Kier molecular flexibility index (Phi) is 5.36. The zero-order chi connectivity index (χ0) is 20.4. The number of aromatic nitrogens is 2. The minimum atomic E-state index is -0.204. The van der Waals surface area contributed by atoms with Crippen LogP contribution in [-0.2, 0) is 0 Å². The van der Waals surface area contributed by atoms with Crippen molar-refractivity contribution in [2.45, 2.75) is 6.92 Å². The van der Waals surface area contributed by atoms with Crippen molar-refractivity contribution < 1.29 is 4.79 Å². The lowest BCUT2D eigenvalue weighted by molar-refractivity contribution is 0.0746. The van der Waals surface area contributed by atoms with E-state index in [2.05, 4.69) is 10.00 Å². The molecule has 1 aromatic heterocycles. The molecule has 0 spiro atoms. The summed E-state index contributed by atoms with van der Waals surface area (Å²) >= 11 is 5.93. The van der Waals surface area contributed by atoms with Crippen LogP contribution in [0.25, 0.3) is 5.69 Å². The molecule has 0 atom stereocenters. The maximum absolute atomic E-state index is 12.7. The molecule has 2 aromatic carbocycles. The minimum absolute atomic E-state index is 0.0451. The number of amides is 1. The lowest BCUT2D eigenvalue weighted by Gasteiger charge is -2.35. The number of carbonyl (C=O) groups is 1. The zero-order valence-corrected chi connectivity index (χ0v) is 16.8. The maximum Gasteiger partial charge on any atom is 0.271 e. The largest absolute Gasteiger partial charge is 0.352 e. The molecular formula is C22H21ClN4O2. The summed E-state index contributed by atoms with van der Waals surface area (Å²) in [5.74, 6) is 0.755. The molecule has 7 heteroatoms. The highest BCUT2D eigenvalue weighted by atomic mass is 35.5. The molecule has 4 rings (SSSR count). The second-order valence-corrected chi connectivity index (χ2v) is 7.50. The van der Waals surface area contributed by atoms with Gasteiger partial charge in [0.05, 0.1) is 5.69 Å². The third kappa shape index (κ3) is 4.17. The van der Waals surface area contributed by atoms with Crippen LogP contribution in [0.2, 0.25) is 5.02 Å². The highest BCUT2D eigenvalue weighted by Gasteiger charge is 2.23. The van der Waals surface area contributed by atoms with Gasteiger partial charge in [-0.2, -0.15) is 4.68 Å². The molecule has 0 unspecified atom stereocenters. The molecule has 1 saturated heterocycles. The number of hydrogen-bond donors (Lipinski definition) is 0. The van der Waals surface area contributed by atoms with Crippen molar-refractivity contribution in [3.8, 4) is 5.69 Å². The average Bonchev–Trinajstić information content (AvgIpc) is 2.75. The van der Waals surface area contributed by atoms with Crippen molar-refractivity contribution >= 4 is 23.3 Å².